The van der Waals surface area contributed by atoms with Gasteiger partial charge in [-0.25, -0.2) is 9.18 Å². The smallest absolute Gasteiger partial charge is 0.432 e. The van der Waals surface area contributed by atoms with Crippen LogP contribution in [0.2, 0.25) is 0 Å². The number of aromatic nitrogens is 2. The van der Waals surface area contributed by atoms with Crippen LogP contribution in [-0.4, -0.2) is 21.0 Å². The van der Waals surface area contributed by atoms with Crippen molar-refractivity contribution in [3.63, 3.8) is 0 Å². The summed E-state index contributed by atoms with van der Waals surface area (Å²) in [6.45, 7) is 0. The van der Waals surface area contributed by atoms with Crippen molar-refractivity contribution in [3.8, 4) is 11.1 Å². The SMILES string of the molecule is O=C(O)n1cc(-c2cccc(F)c2)cn1. The van der Waals surface area contributed by atoms with Gasteiger partial charge in [0.1, 0.15) is 5.82 Å². The number of nitrogens with zero attached hydrogens (tertiary/aromatic N) is 2. The fraction of sp³-hybridized carbons (Fsp3) is 0. The minimum Gasteiger partial charge on any atom is -0.463 e. The van der Waals surface area contributed by atoms with Gasteiger partial charge in [0, 0.05) is 11.8 Å². The van der Waals surface area contributed by atoms with Crippen LogP contribution >= 0.6 is 0 Å². The molecule has 0 fully saturated rings. The van der Waals surface area contributed by atoms with Crippen molar-refractivity contribution < 1.29 is 14.3 Å². The van der Waals surface area contributed by atoms with Gasteiger partial charge in [0.05, 0.1) is 6.20 Å². The van der Waals surface area contributed by atoms with Gasteiger partial charge in [0.25, 0.3) is 0 Å². The standard InChI is InChI=1S/C10H7FN2O2/c11-9-3-1-2-7(4-9)8-5-12-13(6-8)10(14)15/h1-6H,(H,14,15). The number of carboxylic acid groups (broad SMARTS) is 1. The Bertz CT molecular complexity index is 508. The minimum absolute atomic E-state index is 0.365. The Kier molecular flexibility index (Phi) is 2.21. The molecule has 2 rings (SSSR count). The molecule has 5 heteroatoms. The van der Waals surface area contributed by atoms with Crippen LogP contribution in [0.1, 0.15) is 0 Å². The zero-order valence-electron chi connectivity index (χ0n) is 7.59. The Morgan fingerprint density at radius 3 is 2.80 bits per heavy atom. The van der Waals surface area contributed by atoms with E-state index in [0.717, 1.165) is 4.68 Å². The second kappa shape index (κ2) is 3.53. The number of hydrogen-bond acceptors (Lipinski definition) is 2. The Morgan fingerprint density at radius 1 is 1.40 bits per heavy atom. The van der Waals surface area contributed by atoms with Gasteiger partial charge < -0.3 is 5.11 Å². The van der Waals surface area contributed by atoms with Crippen molar-refractivity contribution in [3.05, 3.63) is 42.5 Å². The van der Waals surface area contributed by atoms with Crippen LogP contribution in [0.4, 0.5) is 9.18 Å². The summed E-state index contributed by atoms with van der Waals surface area (Å²) in [5.74, 6) is -0.365. The Labute approximate surface area is 84.6 Å². The van der Waals surface area contributed by atoms with Crippen molar-refractivity contribution in [2.75, 3.05) is 0 Å². The fourth-order valence-electron chi connectivity index (χ4n) is 1.24. The third-order valence-corrected chi connectivity index (χ3v) is 1.94. The van der Waals surface area contributed by atoms with E-state index < -0.39 is 6.09 Å². The van der Waals surface area contributed by atoms with E-state index in [1.54, 1.807) is 12.1 Å². The molecule has 15 heavy (non-hydrogen) atoms. The van der Waals surface area contributed by atoms with Crippen LogP contribution < -0.4 is 0 Å². The lowest BCUT2D eigenvalue weighted by Crippen LogP contribution is -2.07. The van der Waals surface area contributed by atoms with E-state index in [2.05, 4.69) is 5.10 Å². The van der Waals surface area contributed by atoms with Gasteiger partial charge in [0.2, 0.25) is 0 Å². The molecule has 0 spiro atoms. The summed E-state index contributed by atoms with van der Waals surface area (Å²) in [6, 6.07) is 5.89. The number of rotatable bonds is 1. The Balaban J connectivity index is 2.41. The summed E-state index contributed by atoms with van der Waals surface area (Å²) in [5, 5.41) is 12.2. The zero-order chi connectivity index (χ0) is 10.8. The highest BCUT2D eigenvalue weighted by molar-refractivity contribution is 5.70. The molecular formula is C10H7FN2O2. The summed E-state index contributed by atoms with van der Waals surface area (Å²) < 4.78 is 13.7. The normalized spacial score (nSPS) is 10.2. The van der Waals surface area contributed by atoms with E-state index in [-0.39, 0.29) is 5.82 Å². The highest BCUT2D eigenvalue weighted by Gasteiger charge is 2.06. The lowest BCUT2D eigenvalue weighted by Gasteiger charge is -1.95. The largest absolute Gasteiger partial charge is 0.463 e. The molecular weight excluding hydrogens is 199 g/mol. The summed E-state index contributed by atoms with van der Waals surface area (Å²) in [7, 11) is 0. The second-order valence-corrected chi connectivity index (χ2v) is 2.97. The third-order valence-electron chi connectivity index (χ3n) is 1.94. The van der Waals surface area contributed by atoms with Crippen LogP contribution in [0, 0.1) is 5.82 Å². The molecule has 0 radical (unpaired) electrons. The van der Waals surface area contributed by atoms with E-state index in [1.807, 2.05) is 0 Å². The molecule has 76 valence electrons. The molecule has 0 atom stereocenters. The highest BCUT2D eigenvalue weighted by atomic mass is 19.1. The first kappa shape index (κ1) is 9.39. The van der Waals surface area contributed by atoms with Crippen molar-refractivity contribution in [2.45, 2.75) is 0 Å². The van der Waals surface area contributed by atoms with Gasteiger partial charge in [-0.1, -0.05) is 12.1 Å². The first-order valence-electron chi connectivity index (χ1n) is 4.21. The fourth-order valence-corrected chi connectivity index (χ4v) is 1.24. The first-order chi connectivity index (χ1) is 7.16. The Morgan fingerprint density at radius 2 is 2.20 bits per heavy atom. The van der Waals surface area contributed by atoms with Gasteiger partial charge in [-0.2, -0.15) is 9.78 Å². The zero-order valence-corrected chi connectivity index (χ0v) is 7.59. The molecule has 1 heterocycles. The molecule has 0 aliphatic rings. The van der Waals surface area contributed by atoms with E-state index in [1.165, 1.54) is 24.5 Å². The summed E-state index contributed by atoms with van der Waals surface area (Å²) in [6.07, 6.45) is 1.54. The molecule has 0 unspecified atom stereocenters. The summed E-state index contributed by atoms with van der Waals surface area (Å²) in [5.41, 5.74) is 1.17. The van der Waals surface area contributed by atoms with E-state index in [0.29, 0.717) is 11.1 Å². The monoisotopic (exact) mass is 206 g/mol. The van der Waals surface area contributed by atoms with Gasteiger partial charge in [0.15, 0.2) is 0 Å². The minimum atomic E-state index is -1.17. The molecule has 0 amide bonds. The van der Waals surface area contributed by atoms with Crippen molar-refractivity contribution in [1.29, 1.82) is 0 Å². The number of halogens is 1. The summed E-state index contributed by atoms with van der Waals surface area (Å²) in [4.78, 5) is 10.5. The average Bonchev–Trinajstić information content (AvgIpc) is 2.66. The molecule has 0 bridgehead atoms. The van der Waals surface area contributed by atoms with E-state index in [4.69, 9.17) is 5.11 Å². The van der Waals surface area contributed by atoms with Crippen molar-refractivity contribution in [2.24, 2.45) is 0 Å². The van der Waals surface area contributed by atoms with Crippen LogP contribution in [0.5, 0.6) is 0 Å². The molecule has 1 aromatic carbocycles. The maximum Gasteiger partial charge on any atom is 0.432 e. The van der Waals surface area contributed by atoms with Crippen molar-refractivity contribution in [1.82, 2.24) is 9.78 Å². The van der Waals surface area contributed by atoms with Crippen LogP contribution in [0.3, 0.4) is 0 Å². The molecule has 0 saturated heterocycles. The molecule has 4 nitrogen and oxygen atoms in total. The number of benzene rings is 1. The quantitative estimate of drug-likeness (QED) is 0.778. The lowest BCUT2D eigenvalue weighted by atomic mass is 10.1. The molecule has 1 N–H and O–H groups in total. The molecule has 0 saturated carbocycles. The van der Waals surface area contributed by atoms with Crippen molar-refractivity contribution >= 4 is 6.09 Å². The summed E-state index contributed by atoms with van der Waals surface area (Å²) >= 11 is 0. The molecule has 0 aliphatic carbocycles. The molecule has 0 aliphatic heterocycles. The second-order valence-electron chi connectivity index (χ2n) is 2.97. The van der Waals surface area contributed by atoms with E-state index >= 15 is 0 Å². The van der Waals surface area contributed by atoms with Gasteiger partial charge in [-0.05, 0) is 17.7 Å². The third kappa shape index (κ3) is 1.85. The van der Waals surface area contributed by atoms with Gasteiger partial charge in [-0.15, -0.1) is 0 Å². The van der Waals surface area contributed by atoms with Gasteiger partial charge in [-0.3, -0.25) is 0 Å². The lowest BCUT2D eigenvalue weighted by molar-refractivity contribution is 0.192. The average molecular weight is 206 g/mol. The number of hydrogen-bond donors (Lipinski definition) is 1. The highest BCUT2D eigenvalue weighted by Crippen LogP contribution is 2.18. The predicted molar refractivity (Wildman–Crippen MR) is 51.0 cm³/mol. The van der Waals surface area contributed by atoms with Crippen LogP contribution in [0.25, 0.3) is 11.1 Å². The first-order valence-corrected chi connectivity index (χ1v) is 4.21. The van der Waals surface area contributed by atoms with Crippen LogP contribution in [0.15, 0.2) is 36.7 Å². The Hall–Kier alpha value is -2.17. The predicted octanol–water partition coefficient (Wildman–Crippen LogP) is 2.22. The van der Waals surface area contributed by atoms with Gasteiger partial charge >= 0.3 is 6.09 Å². The van der Waals surface area contributed by atoms with Crippen LogP contribution in [-0.2, 0) is 0 Å². The topological polar surface area (TPSA) is 55.1 Å². The maximum absolute atomic E-state index is 12.9. The molecule has 2 aromatic rings. The maximum atomic E-state index is 12.9. The number of carbonyl (C=O) groups is 1. The van der Waals surface area contributed by atoms with E-state index in [9.17, 15) is 9.18 Å². The molecule has 1 aromatic heterocycles.